The zero-order valence-electron chi connectivity index (χ0n) is 15.9. The van der Waals surface area contributed by atoms with Crippen molar-refractivity contribution in [3.8, 4) is 0 Å². The number of hydrogen-bond acceptors (Lipinski definition) is 5. The number of amides is 2. The van der Waals surface area contributed by atoms with E-state index in [9.17, 15) is 14.4 Å². The van der Waals surface area contributed by atoms with E-state index in [0.717, 1.165) is 11.1 Å². The number of benzene rings is 1. The topological polar surface area (TPSA) is 75.7 Å². The fraction of sp³-hybridized carbons (Fsp3) is 0.450. The lowest BCUT2D eigenvalue weighted by molar-refractivity contribution is -0.159. The summed E-state index contributed by atoms with van der Waals surface area (Å²) in [6.07, 6.45) is 0.218. The molecule has 0 spiro atoms. The third-order valence-corrected chi connectivity index (χ3v) is 5.70. The van der Waals surface area contributed by atoms with Gasteiger partial charge in [-0.25, -0.2) is 4.79 Å². The van der Waals surface area contributed by atoms with Crippen molar-refractivity contribution in [3.63, 3.8) is 0 Å². The maximum atomic E-state index is 12.7. The van der Waals surface area contributed by atoms with Crippen LogP contribution in [0.3, 0.4) is 0 Å². The number of β-lactam (4-membered cyclic amide) rings is 1. The number of nitrogens with zero attached hydrogens (tertiary/aromatic N) is 1. The van der Waals surface area contributed by atoms with E-state index in [2.05, 4.69) is 5.32 Å². The van der Waals surface area contributed by atoms with E-state index in [4.69, 9.17) is 4.74 Å². The van der Waals surface area contributed by atoms with Crippen LogP contribution < -0.4 is 5.32 Å². The molecule has 2 aliphatic heterocycles. The minimum absolute atomic E-state index is 0.204. The summed E-state index contributed by atoms with van der Waals surface area (Å²) in [5, 5.41) is 2.54. The van der Waals surface area contributed by atoms with Gasteiger partial charge < -0.3 is 10.1 Å². The first-order chi connectivity index (χ1) is 12.7. The molecule has 1 N–H and O–H groups in total. The molecule has 1 saturated heterocycles. The zero-order valence-corrected chi connectivity index (χ0v) is 16.8. The number of carbonyl (C=O) groups is 3. The standard InChI is InChI=1S/C20H24N2O4S/c1-12-11-27-18-15(21-14(23)10-13-8-6-5-7-9-13)17(24)22(18)16(12)19(25)26-20(2,3)4/h5-9,15,18H,10-11H2,1-4H3,(H,21,23)/t15?,18-/m1/s1. The molecule has 0 saturated carbocycles. The summed E-state index contributed by atoms with van der Waals surface area (Å²) in [7, 11) is 0. The monoisotopic (exact) mass is 388 g/mol. The number of esters is 1. The highest BCUT2D eigenvalue weighted by atomic mass is 32.2. The Kier molecular flexibility index (Phi) is 5.33. The SMILES string of the molecule is CC1=C(C(=O)OC(C)(C)C)N2C(=O)C(NC(=O)Cc3ccccc3)[C@H]2SC1. The number of thioether (sulfide) groups is 1. The van der Waals surface area contributed by atoms with Crippen LogP contribution in [0.25, 0.3) is 0 Å². The van der Waals surface area contributed by atoms with E-state index in [0.29, 0.717) is 11.4 Å². The molecule has 3 rings (SSSR count). The van der Waals surface area contributed by atoms with Crippen molar-refractivity contribution in [2.45, 2.75) is 51.1 Å². The fourth-order valence-corrected chi connectivity index (χ4v) is 4.39. The molecule has 1 aromatic rings. The summed E-state index contributed by atoms with van der Waals surface area (Å²) in [5.74, 6) is -0.347. The van der Waals surface area contributed by atoms with Gasteiger partial charge in [-0.1, -0.05) is 30.3 Å². The number of hydrogen-bond donors (Lipinski definition) is 1. The summed E-state index contributed by atoms with van der Waals surface area (Å²) in [6, 6.07) is 8.76. The molecule has 2 atom stereocenters. The molecule has 0 aliphatic carbocycles. The van der Waals surface area contributed by atoms with E-state index in [-0.39, 0.29) is 23.6 Å². The minimum Gasteiger partial charge on any atom is -0.455 e. The number of rotatable bonds is 4. The van der Waals surface area contributed by atoms with Crippen molar-refractivity contribution in [2.24, 2.45) is 0 Å². The first-order valence-electron chi connectivity index (χ1n) is 8.88. The minimum atomic E-state index is -0.637. The smallest absolute Gasteiger partial charge is 0.355 e. The van der Waals surface area contributed by atoms with E-state index in [1.54, 1.807) is 32.5 Å². The summed E-state index contributed by atoms with van der Waals surface area (Å²) in [5.41, 5.74) is 1.38. The van der Waals surface area contributed by atoms with Crippen molar-refractivity contribution in [1.82, 2.24) is 10.2 Å². The first kappa shape index (κ1) is 19.5. The number of fused-ring (bicyclic) bond motifs is 1. The Labute approximate surface area is 163 Å². The van der Waals surface area contributed by atoms with Gasteiger partial charge >= 0.3 is 5.97 Å². The molecule has 1 aromatic carbocycles. The quantitative estimate of drug-likeness (QED) is 0.632. The summed E-state index contributed by atoms with van der Waals surface area (Å²) in [6.45, 7) is 7.21. The van der Waals surface area contributed by atoms with Crippen LogP contribution in [0.15, 0.2) is 41.6 Å². The zero-order chi connectivity index (χ0) is 19.8. The van der Waals surface area contributed by atoms with Crippen LogP contribution in [0.1, 0.15) is 33.3 Å². The predicted molar refractivity (Wildman–Crippen MR) is 104 cm³/mol. The highest BCUT2D eigenvalue weighted by Gasteiger charge is 2.54. The van der Waals surface area contributed by atoms with Crippen molar-refractivity contribution in [1.29, 1.82) is 0 Å². The Balaban J connectivity index is 1.68. The van der Waals surface area contributed by atoms with Gasteiger partial charge in [0.25, 0.3) is 5.91 Å². The first-order valence-corrected chi connectivity index (χ1v) is 9.93. The third kappa shape index (κ3) is 4.18. The van der Waals surface area contributed by atoms with Gasteiger partial charge in [0.1, 0.15) is 22.7 Å². The van der Waals surface area contributed by atoms with Crippen LogP contribution in [-0.2, 0) is 25.5 Å². The van der Waals surface area contributed by atoms with Gasteiger partial charge in [0.15, 0.2) is 0 Å². The molecule has 2 heterocycles. The average molecular weight is 388 g/mol. The molecule has 1 fully saturated rings. The third-order valence-electron chi connectivity index (χ3n) is 4.28. The molecule has 144 valence electrons. The Hall–Kier alpha value is -2.28. The van der Waals surface area contributed by atoms with Gasteiger partial charge in [0, 0.05) is 5.75 Å². The number of nitrogens with one attached hydrogen (secondary N) is 1. The van der Waals surface area contributed by atoms with Gasteiger partial charge in [-0.2, -0.15) is 0 Å². The Morgan fingerprint density at radius 3 is 2.56 bits per heavy atom. The molecular formula is C20H24N2O4S. The van der Waals surface area contributed by atoms with Crippen LogP contribution in [0, 0.1) is 0 Å². The lowest BCUT2D eigenvalue weighted by atomic mass is 10.0. The van der Waals surface area contributed by atoms with Crippen LogP contribution in [0.4, 0.5) is 0 Å². The van der Waals surface area contributed by atoms with Gasteiger partial charge in [-0.3, -0.25) is 14.5 Å². The van der Waals surface area contributed by atoms with Crippen molar-refractivity contribution in [3.05, 3.63) is 47.2 Å². The molecule has 0 aromatic heterocycles. The highest BCUT2D eigenvalue weighted by Crippen LogP contribution is 2.40. The van der Waals surface area contributed by atoms with Crippen molar-refractivity contribution in [2.75, 3.05) is 5.75 Å². The molecule has 27 heavy (non-hydrogen) atoms. The Morgan fingerprint density at radius 1 is 1.26 bits per heavy atom. The lowest BCUT2D eigenvalue weighted by Crippen LogP contribution is -2.70. The van der Waals surface area contributed by atoms with Crippen LogP contribution in [0.5, 0.6) is 0 Å². The second-order valence-electron chi connectivity index (χ2n) is 7.75. The fourth-order valence-electron chi connectivity index (χ4n) is 3.09. The second-order valence-corrected chi connectivity index (χ2v) is 8.85. The highest BCUT2D eigenvalue weighted by molar-refractivity contribution is 8.00. The normalized spacial score (nSPS) is 22.1. The lowest BCUT2D eigenvalue weighted by Gasteiger charge is -2.49. The molecule has 1 unspecified atom stereocenters. The maximum Gasteiger partial charge on any atom is 0.355 e. The molecule has 7 heteroatoms. The van der Waals surface area contributed by atoms with Crippen molar-refractivity contribution >= 4 is 29.5 Å². The summed E-state index contributed by atoms with van der Waals surface area (Å²) in [4.78, 5) is 39.0. The molecular weight excluding hydrogens is 364 g/mol. The van der Waals surface area contributed by atoms with Gasteiger partial charge in [0.05, 0.1) is 6.42 Å². The largest absolute Gasteiger partial charge is 0.455 e. The Bertz CT molecular complexity index is 798. The average Bonchev–Trinajstić information content (AvgIpc) is 2.58. The molecule has 2 aliphatic rings. The number of carbonyl (C=O) groups excluding carboxylic acids is 3. The number of ether oxygens (including phenoxy) is 1. The summed E-state index contributed by atoms with van der Waals surface area (Å²) >= 11 is 1.55. The van der Waals surface area contributed by atoms with E-state index >= 15 is 0 Å². The van der Waals surface area contributed by atoms with Crippen LogP contribution >= 0.6 is 11.8 Å². The molecule has 0 radical (unpaired) electrons. The maximum absolute atomic E-state index is 12.7. The molecule has 6 nitrogen and oxygen atoms in total. The molecule has 0 bridgehead atoms. The van der Waals surface area contributed by atoms with Gasteiger partial charge in [0.2, 0.25) is 5.91 Å². The van der Waals surface area contributed by atoms with E-state index in [1.807, 2.05) is 37.3 Å². The predicted octanol–water partition coefficient (Wildman–Crippen LogP) is 2.24. The van der Waals surface area contributed by atoms with Gasteiger partial charge in [-0.05, 0) is 38.8 Å². The van der Waals surface area contributed by atoms with Crippen LogP contribution in [-0.4, -0.2) is 45.5 Å². The van der Waals surface area contributed by atoms with E-state index < -0.39 is 17.6 Å². The van der Waals surface area contributed by atoms with E-state index in [1.165, 1.54) is 4.90 Å². The Morgan fingerprint density at radius 2 is 1.93 bits per heavy atom. The van der Waals surface area contributed by atoms with Crippen molar-refractivity contribution < 1.29 is 19.1 Å². The second kappa shape index (κ2) is 7.38. The van der Waals surface area contributed by atoms with Crippen LogP contribution in [0.2, 0.25) is 0 Å². The summed E-state index contributed by atoms with van der Waals surface area (Å²) < 4.78 is 5.46. The van der Waals surface area contributed by atoms with Gasteiger partial charge in [-0.15, -0.1) is 11.8 Å². The molecule has 2 amide bonds.